The highest BCUT2D eigenvalue weighted by Crippen LogP contribution is 2.45. The highest BCUT2D eigenvalue weighted by Gasteiger charge is 2.52. The first kappa shape index (κ1) is 19.8. The number of amides is 3. The van der Waals surface area contributed by atoms with Crippen LogP contribution in [0.3, 0.4) is 0 Å². The monoisotopic (exact) mass is 422 g/mol. The summed E-state index contributed by atoms with van der Waals surface area (Å²) in [5.41, 5.74) is 0.676. The molecule has 8 nitrogen and oxygen atoms in total. The van der Waals surface area contributed by atoms with Crippen LogP contribution in [-0.2, 0) is 9.59 Å². The van der Waals surface area contributed by atoms with Crippen molar-refractivity contribution in [2.24, 2.45) is 0 Å². The van der Waals surface area contributed by atoms with Gasteiger partial charge in [-0.05, 0) is 37.1 Å². The zero-order chi connectivity index (χ0) is 21.4. The van der Waals surface area contributed by atoms with Gasteiger partial charge < -0.3 is 14.6 Å². The van der Waals surface area contributed by atoms with Crippen molar-refractivity contribution in [2.75, 3.05) is 42.9 Å². The summed E-state index contributed by atoms with van der Waals surface area (Å²) >= 11 is 0. The topological polar surface area (TPSA) is 86.1 Å². The van der Waals surface area contributed by atoms with Crippen molar-refractivity contribution < 1.29 is 18.8 Å². The molecule has 0 radical (unpaired) electrons. The second-order valence-corrected chi connectivity index (χ2v) is 8.48. The van der Waals surface area contributed by atoms with Crippen LogP contribution in [0.25, 0.3) is 0 Å². The van der Waals surface area contributed by atoms with Crippen LogP contribution < -0.4 is 10.2 Å². The second kappa shape index (κ2) is 7.85. The van der Waals surface area contributed by atoms with E-state index in [2.05, 4.69) is 10.2 Å². The first-order valence-corrected chi connectivity index (χ1v) is 10.9. The average molecular weight is 422 g/mol. The predicted molar refractivity (Wildman–Crippen MR) is 115 cm³/mol. The summed E-state index contributed by atoms with van der Waals surface area (Å²) in [4.78, 5) is 44.6. The molecule has 3 amide bonds. The van der Waals surface area contributed by atoms with Crippen LogP contribution in [0, 0.1) is 0 Å². The Kier molecular flexibility index (Phi) is 5.02. The minimum Gasteiger partial charge on any atom is -0.459 e. The molecule has 1 aromatic heterocycles. The van der Waals surface area contributed by atoms with Crippen LogP contribution in [0.5, 0.6) is 0 Å². The first-order chi connectivity index (χ1) is 15.1. The number of hydrogen-bond donors (Lipinski definition) is 1. The standard InChI is InChI=1S/C23H26N4O4/c28-20(16-25-11-13-26(14-12-25)21(29)19-8-5-15-31-19)27-18-7-2-1-6-17(18)24-22(30)23(27)9-3-4-10-23/h1-2,5-8,15H,3-4,9-14,16H2,(H,24,30). The van der Waals surface area contributed by atoms with Gasteiger partial charge in [0.25, 0.3) is 11.8 Å². The summed E-state index contributed by atoms with van der Waals surface area (Å²) in [5.74, 6) is 0.0760. The molecular weight excluding hydrogens is 396 g/mol. The third kappa shape index (κ3) is 3.40. The van der Waals surface area contributed by atoms with E-state index in [1.165, 1.54) is 6.26 Å². The lowest BCUT2D eigenvalue weighted by Gasteiger charge is -2.45. The summed E-state index contributed by atoms with van der Waals surface area (Å²) in [6.45, 7) is 2.51. The van der Waals surface area contributed by atoms with Crippen molar-refractivity contribution in [2.45, 2.75) is 31.2 Å². The third-order valence-electron chi connectivity index (χ3n) is 6.67. The maximum absolute atomic E-state index is 13.5. The molecule has 1 aliphatic carbocycles. The van der Waals surface area contributed by atoms with E-state index >= 15 is 0 Å². The van der Waals surface area contributed by atoms with Gasteiger partial charge >= 0.3 is 0 Å². The fourth-order valence-corrected chi connectivity index (χ4v) is 5.06. The lowest BCUT2D eigenvalue weighted by Crippen LogP contribution is -2.62. The maximum Gasteiger partial charge on any atom is 0.289 e. The number of carbonyl (C=O) groups excluding carboxylic acids is 3. The van der Waals surface area contributed by atoms with Gasteiger partial charge in [0.05, 0.1) is 24.2 Å². The Morgan fingerprint density at radius 1 is 1.00 bits per heavy atom. The average Bonchev–Trinajstić information content (AvgIpc) is 3.48. The number of para-hydroxylation sites is 2. The van der Waals surface area contributed by atoms with Crippen molar-refractivity contribution in [3.05, 3.63) is 48.4 Å². The summed E-state index contributed by atoms with van der Waals surface area (Å²) < 4.78 is 5.21. The Balaban J connectivity index is 1.31. The van der Waals surface area contributed by atoms with Crippen LogP contribution in [0.2, 0.25) is 0 Å². The number of benzene rings is 1. The largest absolute Gasteiger partial charge is 0.459 e. The summed E-state index contributed by atoms with van der Waals surface area (Å²) in [5, 5.41) is 3.01. The molecule has 0 bridgehead atoms. The number of nitrogens with zero attached hydrogens (tertiary/aromatic N) is 3. The van der Waals surface area contributed by atoms with Crippen molar-refractivity contribution in [3.63, 3.8) is 0 Å². The zero-order valence-corrected chi connectivity index (χ0v) is 17.4. The SMILES string of the molecule is O=C(c1ccco1)N1CCN(CC(=O)N2c3ccccc3NC(=O)C23CCCC3)CC1. The number of piperazine rings is 1. The van der Waals surface area contributed by atoms with E-state index in [1.807, 2.05) is 24.3 Å². The van der Waals surface area contributed by atoms with Crippen LogP contribution >= 0.6 is 0 Å². The van der Waals surface area contributed by atoms with Gasteiger partial charge in [-0.1, -0.05) is 25.0 Å². The summed E-state index contributed by atoms with van der Waals surface area (Å²) in [6.07, 6.45) is 4.74. The normalized spacial score (nSPS) is 20.6. The van der Waals surface area contributed by atoms with Gasteiger partial charge in [0.2, 0.25) is 5.91 Å². The molecule has 31 heavy (non-hydrogen) atoms. The molecule has 1 spiro atoms. The molecule has 8 heteroatoms. The van der Waals surface area contributed by atoms with E-state index in [4.69, 9.17) is 4.42 Å². The van der Waals surface area contributed by atoms with E-state index < -0.39 is 5.54 Å². The molecule has 5 rings (SSSR count). The van der Waals surface area contributed by atoms with Crippen molar-refractivity contribution in [3.8, 4) is 0 Å². The van der Waals surface area contributed by atoms with Gasteiger partial charge in [-0.25, -0.2) is 0 Å². The number of hydrogen-bond acceptors (Lipinski definition) is 5. The van der Waals surface area contributed by atoms with Gasteiger partial charge in [-0.3, -0.25) is 24.2 Å². The Morgan fingerprint density at radius 3 is 2.45 bits per heavy atom. The maximum atomic E-state index is 13.5. The summed E-state index contributed by atoms with van der Waals surface area (Å²) in [6, 6.07) is 10.9. The summed E-state index contributed by atoms with van der Waals surface area (Å²) in [7, 11) is 0. The minimum absolute atomic E-state index is 0.0602. The first-order valence-electron chi connectivity index (χ1n) is 10.9. The molecule has 1 saturated carbocycles. The van der Waals surface area contributed by atoms with E-state index in [0.717, 1.165) is 18.5 Å². The Hall–Kier alpha value is -3.13. The van der Waals surface area contributed by atoms with E-state index in [1.54, 1.807) is 21.9 Å². The van der Waals surface area contributed by atoms with Gasteiger partial charge in [-0.2, -0.15) is 0 Å². The number of nitrogens with one attached hydrogen (secondary N) is 1. The molecule has 3 aliphatic rings. The van der Waals surface area contributed by atoms with Crippen LogP contribution in [-0.4, -0.2) is 65.8 Å². The molecule has 2 aromatic rings. The number of carbonyl (C=O) groups is 3. The minimum atomic E-state index is -0.789. The van der Waals surface area contributed by atoms with Gasteiger partial charge in [-0.15, -0.1) is 0 Å². The smallest absolute Gasteiger partial charge is 0.289 e. The fourth-order valence-electron chi connectivity index (χ4n) is 5.06. The molecule has 3 heterocycles. The molecule has 0 unspecified atom stereocenters. The quantitative estimate of drug-likeness (QED) is 0.821. The van der Waals surface area contributed by atoms with Crippen molar-refractivity contribution in [1.29, 1.82) is 0 Å². The number of rotatable bonds is 3. The van der Waals surface area contributed by atoms with Crippen LogP contribution in [0.4, 0.5) is 11.4 Å². The molecular formula is C23H26N4O4. The Labute approximate surface area is 180 Å². The fraction of sp³-hybridized carbons (Fsp3) is 0.435. The molecule has 1 aromatic carbocycles. The zero-order valence-electron chi connectivity index (χ0n) is 17.4. The lowest BCUT2D eigenvalue weighted by atomic mass is 9.89. The number of furan rings is 1. The highest BCUT2D eigenvalue weighted by atomic mass is 16.3. The second-order valence-electron chi connectivity index (χ2n) is 8.48. The molecule has 1 N–H and O–H groups in total. The molecule has 162 valence electrons. The van der Waals surface area contributed by atoms with Crippen molar-refractivity contribution in [1.82, 2.24) is 9.80 Å². The van der Waals surface area contributed by atoms with E-state index in [-0.39, 0.29) is 24.3 Å². The Bertz CT molecular complexity index is 989. The number of fused-ring (bicyclic) bond motifs is 1. The van der Waals surface area contributed by atoms with Crippen molar-refractivity contribution >= 4 is 29.1 Å². The number of anilines is 2. The Morgan fingerprint density at radius 2 is 1.74 bits per heavy atom. The molecule has 2 aliphatic heterocycles. The van der Waals surface area contributed by atoms with Gasteiger partial charge in [0, 0.05) is 26.2 Å². The van der Waals surface area contributed by atoms with Gasteiger partial charge in [0.1, 0.15) is 5.54 Å². The predicted octanol–water partition coefficient (Wildman–Crippen LogP) is 2.34. The third-order valence-corrected chi connectivity index (χ3v) is 6.67. The molecule has 1 saturated heterocycles. The van der Waals surface area contributed by atoms with E-state index in [9.17, 15) is 14.4 Å². The van der Waals surface area contributed by atoms with Crippen LogP contribution in [0.15, 0.2) is 47.1 Å². The molecule has 0 atom stereocenters. The van der Waals surface area contributed by atoms with Crippen LogP contribution in [0.1, 0.15) is 36.2 Å². The van der Waals surface area contributed by atoms with Gasteiger partial charge in [0.15, 0.2) is 5.76 Å². The lowest BCUT2D eigenvalue weighted by molar-refractivity contribution is -0.128. The highest BCUT2D eigenvalue weighted by molar-refractivity contribution is 6.15. The van der Waals surface area contributed by atoms with E-state index in [0.29, 0.717) is 50.5 Å². The molecule has 2 fully saturated rings.